The van der Waals surface area contributed by atoms with Gasteiger partial charge in [-0.1, -0.05) is 30.3 Å². The lowest BCUT2D eigenvalue weighted by Crippen LogP contribution is -2.33. The summed E-state index contributed by atoms with van der Waals surface area (Å²) in [5.41, 5.74) is 2.23. The van der Waals surface area contributed by atoms with Gasteiger partial charge in [-0.2, -0.15) is 0 Å². The lowest BCUT2D eigenvalue weighted by molar-refractivity contribution is -0.122. The predicted molar refractivity (Wildman–Crippen MR) is 111 cm³/mol. The van der Waals surface area contributed by atoms with Crippen molar-refractivity contribution >= 4 is 5.91 Å². The number of phenolic OH excluding ortho intramolecular Hbond substituents is 1. The first kappa shape index (κ1) is 20.2. The normalized spacial score (nSPS) is 17.3. The lowest BCUT2D eigenvalue weighted by Gasteiger charge is -2.25. The fourth-order valence-electron chi connectivity index (χ4n) is 3.69. The molecule has 0 bridgehead atoms. The molecule has 1 aliphatic rings. The second kappa shape index (κ2) is 9.60. The van der Waals surface area contributed by atoms with Crippen LogP contribution in [0.15, 0.2) is 48.5 Å². The first-order chi connectivity index (χ1) is 13.5. The molecule has 0 saturated carbocycles. The summed E-state index contributed by atoms with van der Waals surface area (Å²) in [4.78, 5) is 14.8. The molecule has 1 heterocycles. The summed E-state index contributed by atoms with van der Waals surface area (Å²) in [6, 6.07) is 15.5. The molecule has 0 fully saturated rings. The third-order valence-electron chi connectivity index (χ3n) is 5.37. The van der Waals surface area contributed by atoms with Crippen molar-refractivity contribution in [1.82, 2.24) is 10.2 Å². The molecule has 5 nitrogen and oxygen atoms in total. The number of carbonyl (C=O) groups is 1. The Morgan fingerprint density at radius 1 is 1.21 bits per heavy atom. The maximum absolute atomic E-state index is 12.7. The molecule has 2 aromatic carbocycles. The van der Waals surface area contributed by atoms with Gasteiger partial charge in [0.15, 0.2) is 0 Å². The number of rotatable bonds is 7. The highest BCUT2D eigenvalue weighted by Gasteiger charge is 2.22. The Kier molecular flexibility index (Phi) is 6.93. The average molecular weight is 383 g/mol. The zero-order chi connectivity index (χ0) is 19.9. The maximum atomic E-state index is 12.7. The molecule has 0 aliphatic carbocycles. The number of likely N-dealkylation sites (N-methyl/N-ethyl adjacent to an activating group) is 1. The van der Waals surface area contributed by atoms with Crippen molar-refractivity contribution in [2.75, 3.05) is 20.7 Å². The zero-order valence-corrected chi connectivity index (χ0v) is 16.7. The van der Waals surface area contributed by atoms with Gasteiger partial charge >= 0.3 is 0 Å². The van der Waals surface area contributed by atoms with E-state index in [-0.39, 0.29) is 23.7 Å². The van der Waals surface area contributed by atoms with Gasteiger partial charge in [-0.05, 0) is 63.5 Å². The summed E-state index contributed by atoms with van der Waals surface area (Å²) in [5, 5.41) is 12.7. The minimum absolute atomic E-state index is 0.0149. The summed E-state index contributed by atoms with van der Waals surface area (Å²) >= 11 is 0. The highest BCUT2D eigenvalue weighted by Crippen LogP contribution is 2.31. The standard InChI is InChI=1S/C23H30N2O3/c1-25(2)18(16-17-9-12-19(26)13-10-17)11-14-23(27)24-21-7-5-15-28-22-8-4-3-6-20(21)22/h3-4,6,8-10,12-13,18,21,26H,5,7,11,14-16H2,1-2H3,(H,24,27)/t18-,21?/m1/s1. The van der Waals surface area contributed by atoms with Crippen molar-refractivity contribution in [3.05, 3.63) is 59.7 Å². The van der Waals surface area contributed by atoms with Gasteiger partial charge in [0, 0.05) is 18.0 Å². The average Bonchev–Trinajstić information content (AvgIpc) is 2.89. The molecule has 3 rings (SSSR count). The number of para-hydroxylation sites is 1. The number of ether oxygens (including phenoxy) is 1. The molecule has 2 atom stereocenters. The van der Waals surface area contributed by atoms with E-state index in [1.54, 1.807) is 12.1 Å². The van der Waals surface area contributed by atoms with Crippen LogP contribution in [-0.4, -0.2) is 42.7 Å². The van der Waals surface area contributed by atoms with E-state index in [0.717, 1.165) is 42.6 Å². The van der Waals surface area contributed by atoms with Crippen LogP contribution < -0.4 is 10.1 Å². The second-order valence-electron chi connectivity index (χ2n) is 7.68. The first-order valence-electron chi connectivity index (χ1n) is 9.98. The van der Waals surface area contributed by atoms with Crippen LogP contribution in [0, 0.1) is 0 Å². The molecular formula is C23H30N2O3. The lowest BCUT2D eigenvalue weighted by atomic mass is 9.99. The van der Waals surface area contributed by atoms with E-state index in [9.17, 15) is 9.90 Å². The molecular weight excluding hydrogens is 352 g/mol. The topological polar surface area (TPSA) is 61.8 Å². The van der Waals surface area contributed by atoms with Crippen LogP contribution in [-0.2, 0) is 11.2 Å². The van der Waals surface area contributed by atoms with Crippen LogP contribution in [0.25, 0.3) is 0 Å². The van der Waals surface area contributed by atoms with E-state index in [4.69, 9.17) is 4.74 Å². The minimum Gasteiger partial charge on any atom is -0.508 e. The fourth-order valence-corrected chi connectivity index (χ4v) is 3.69. The Bertz CT molecular complexity index is 774. The number of hydrogen-bond acceptors (Lipinski definition) is 4. The van der Waals surface area contributed by atoms with Gasteiger partial charge < -0.3 is 20.1 Å². The van der Waals surface area contributed by atoms with E-state index in [1.165, 1.54) is 0 Å². The van der Waals surface area contributed by atoms with Crippen molar-refractivity contribution < 1.29 is 14.6 Å². The van der Waals surface area contributed by atoms with Crippen LogP contribution in [0.5, 0.6) is 11.5 Å². The molecule has 2 N–H and O–H groups in total. The number of amides is 1. The van der Waals surface area contributed by atoms with Gasteiger partial charge in [0.1, 0.15) is 11.5 Å². The molecule has 0 radical (unpaired) electrons. The van der Waals surface area contributed by atoms with E-state index >= 15 is 0 Å². The molecule has 1 amide bonds. The Labute approximate surface area is 167 Å². The molecule has 0 aromatic heterocycles. The number of fused-ring (bicyclic) bond motifs is 1. The SMILES string of the molecule is CN(C)[C@H](CCC(=O)NC1CCCOc2ccccc21)Cc1ccc(O)cc1. The van der Waals surface area contributed by atoms with E-state index in [0.29, 0.717) is 13.0 Å². The molecule has 0 spiro atoms. The number of phenols is 1. The Morgan fingerprint density at radius 3 is 2.71 bits per heavy atom. The number of nitrogens with zero attached hydrogens (tertiary/aromatic N) is 1. The van der Waals surface area contributed by atoms with E-state index in [2.05, 4.69) is 10.2 Å². The van der Waals surface area contributed by atoms with Crippen molar-refractivity contribution in [2.24, 2.45) is 0 Å². The van der Waals surface area contributed by atoms with Gasteiger partial charge in [-0.15, -0.1) is 0 Å². The van der Waals surface area contributed by atoms with Gasteiger partial charge in [-0.25, -0.2) is 0 Å². The van der Waals surface area contributed by atoms with Gasteiger partial charge in [0.05, 0.1) is 12.6 Å². The summed E-state index contributed by atoms with van der Waals surface area (Å²) < 4.78 is 5.79. The van der Waals surface area contributed by atoms with Crippen LogP contribution in [0.2, 0.25) is 0 Å². The predicted octanol–water partition coefficient (Wildman–Crippen LogP) is 3.68. The van der Waals surface area contributed by atoms with Crippen molar-refractivity contribution in [3.8, 4) is 11.5 Å². The van der Waals surface area contributed by atoms with Crippen LogP contribution >= 0.6 is 0 Å². The van der Waals surface area contributed by atoms with Crippen LogP contribution in [0.4, 0.5) is 0 Å². The number of hydrogen-bond donors (Lipinski definition) is 2. The highest BCUT2D eigenvalue weighted by atomic mass is 16.5. The third kappa shape index (κ3) is 5.49. The second-order valence-corrected chi connectivity index (χ2v) is 7.68. The van der Waals surface area contributed by atoms with Crippen molar-refractivity contribution in [2.45, 2.75) is 44.2 Å². The summed E-state index contributed by atoms with van der Waals surface area (Å²) in [6.45, 7) is 0.693. The third-order valence-corrected chi connectivity index (χ3v) is 5.37. The van der Waals surface area contributed by atoms with Crippen molar-refractivity contribution in [1.29, 1.82) is 0 Å². The Hall–Kier alpha value is -2.53. The maximum Gasteiger partial charge on any atom is 0.220 e. The minimum atomic E-state index is 0.0149. The molecule has 150 valence electrons. The van der Waals surface area contributed by atoms with Gasteiger partial charge in [0.25, 0.3) is 0 Å². The molecule has 28 heavy (non-hydrogen) atoms. The quantitative estimate of drug-likeness (QED) is 0.767. The van der Waals surface area contributed by atoms with E-state index in [1.807, 2.05) is 50.5 Å². The number of benzene rings is 2. The summed E-state index contributed by atoms with van der Waals surface area (Å²) in [6.07, 6.45) is 3.94. The highest BCUT2D eigenvalue weighted by molar-refractivity contribution is 5.76. The number of nitrogens with one attached hydrogen (secondary N) is 1. The summed E-state index contributed by atoms with van der Waals surface area (Å²) in [5.74, 6) is 1.24. The molecule has 1 unspecified atom stereocenters. The number of carbonyl (C=O) groups excluding carboxylic acids is 1. The smallest absolute Gasteiger partial charge is 0.220 e. The van der Waals surface area contributed by atoms with E-state index < -0.39 is 0 Å². The Balaban J connectivity index is 1.57. The largest absolute Gasteiger partial charge is 0.508 e. The number of aromatic hydroxyl groups is 1. The molecule has 2 aromatic rings. The molecule has 1 aliphatic heterocycles. The monoisotopic (exact) mass is 382 g/mol. The Morgan fingerprint density at radius 2 is 1.96 bits per heavy atom. The van der Waals surface area contributed by atoms with Gasteiger partial charge in [0.2, 0.25) is 5.91 Å². The fraction of sp³-hybridized carbons (Fsp3) is 0.435. The summed E-state index contributed by atoms with van der Waals surface area (Å²) in [7, 11) is 4.09. The zero-order valence-electron chi connectivity index (χ0n) is 16.7. The van der Waals surface area contributed by atoms with Gasteiger partial charge in [-0.3, -0.25) is 4.79 Å². The van der Waals surface area contributed by atoms with Crippen LogP contribution in [0.3, 0.4) is 0 Å². The van der Waals surface area contributed by atoms with Crippen LogP contribution in [0.1, 0.15) is 42.9 Å². The molecule has 0 saturated heterocycles. The molecule has 5 heteroatoms. The van der Waals surface area contributed by atoms with Crippen molar-refractivity contribution in [3.63, 3.8) is 0 Å². The first-order valence-corrected chi connectivity index (χ1v) is 9.98.